The summed E-state index contributed by atoms with van der Waals surface area (Å²) in [6.45, 7) is 2.41. The minimum Gasteiger partial charge on any atom is -0.491 e. The van der Waals surface area contributed by atoms with E-state index in [0.717, 1.165) is 5.56 Å². The van der Waals surface area contributed by atoms with Gasteiger partial charge in [0.15, 0.2) is 16.7 Å². The standard InChI is InChI=1S/C12H16ClN3O2S/c1-4-18-10-6-8(5-9(13)11(10)17-2)7-15-16-12(14)19-3/h5-7H,4H2,1-3H3,(H2,14,16)/b15-7-. The number of nitrogens with zero attached hydrogens (tertiary/aromatic N) is 2. The maximum Gasteiger partial charge on any atom is 0.180 e. The molecule has 0 unspecified atom stereocenters. The van der Waals surface area contributed by atoms with Crippen LogP contribution in [0.3, 0.4) is 0 Å². The maximum atomic E-state index is 6.11. The lowest BCUT2D eigenvalue weighted by molar-refractivity contribution is 0.311. The molecule has 1 aromatic carbocycles. The van der Waals surface area contributed by atoms with Crippen LogP contribution in [0.1, 0.15) is 12.5 Å². The molecule has 0 amide bonds. The molecular weight excluding hydrogens is 286 g/mol. The normalized spacial score (nSPS) is 11.9. The fraction of sp³-hybridized carbons (Fsp3) is 0.333. The fourth-order valence-corrected chi connectivity index (χ4v) is 1.74. The molecule has 0 aliphatic carbocycles. The molecule has 1 aromatic rings. The molecule has 0 aliphatic heterocycles. The van der Waals surface area contributed by atoms with Crippen molar-refractivity contribution in [2.75, 3.05) is 20.0 Å². The number of nitrogens with two attached hydrogens (primary N) is 1. The number of methoxy groups -OCH3 is 1. The third kappa shape index (κ3) is 4.65. The first-order valence-electron chi connectivity index (χ1n) is 5.53. The lowest BCUT2D eigenvalue weighted by Crippen LogP contribution is -2.04. The third-order valence-corrected chi connectivity index (χ3v) is 2.89. The number of ether oxygens (including phenoxy) is 2. The van der Waals surface area contributed by atoms with E-state index < -0.39 is 0 Å². The van der Waals surface area contributed by atoms with E-state index in [2.05, 4.69) is 10.2 Å². The Morgan fingerprint density at radius 2 is 2.26 bits per heavy atom. The summed E-state index contributed by atoms with van der Waals surface area (Å²) in [6, 6.07) is 3.50. The van der Waals surface area contributed by atoms with Crippen LogP contribution in [0.2, 0.25) is 5.02 Å². The second-order valence-electron chi connectivity index (χ2n) is 3.35. The average Bonchev–Trinajstić information content (AvgIpc) is 2.38. The van der Waals surface area contributed by atoms with Gasteiger partial charge in [0, 0.05) is 5.56 Å². The van der Waals surface area contributed by atoms with Gasteiger partial charge in [-0.2, -0.15) is 5.10 Å². The smallest absolute Gasteiger partial charge is 0.180 e. The highest BCUT2D eigenvalue weighted by molar-refractivity contribution is 8.13. The Labute approximate surface area is 121 Å². The van der Waals surface area contributed by atoms with Crippen molar-refractivity contribution in [2.45, 2.75) is 6.92 Å². The summed E-state index contributed by atoms with van der Waals surface area (Å²) in [7, 11) is 1.54. The minimum atomic E-state index is 0.390. The van der Waals surface area contributed by atoms with Crippen molar-refractivity contribution in [3.63, 3.8) is 0 Å². The van der Waals surface area contributed by atoms with Gasteiger partial charge in [-0.05, 0) is 25.3 Å². The average molecular weight is 302 g/mol. The minimum absolute atomic E-state index is 0.390. The van der Waals surface area contributed by atoms with Crippen molar-refractivity contribution in [3.8, 4) is 11.5 Å². The van der Waals surface area contributed by atoms with E-state index in [0.29, 0.717) is 28.3 Å². The van der Waals surface area contributed by atoms with Crippen LogP contribution in [0.25, 0.3) is 0 Å². The van der Waals surface area contributed by atoms with Gasteiger partial charge < -0.3 is 15.2 Å². The molecule has 2 N–H and O–H groups in total. The zero-order valence-corrected chi connectivity index (χ0v) is 12.6. The molecular formula is C12H16ClN3O2S. The van der Waals surface area contributed by atoms with Gasteiger partial charge >= 0.3 is 0 Å². The predicted molar refractivity (Wildman–Crippen MR) is 81.9 cm³/mol. The molecule has 5 nitrogen and oxygen atoms in total. The molecule has 0 heterocycles. The first-order valence-corrected chi connectivity index (χ1v) is 7.13. The number of amidine groups is 1. The van der Waals surface area contributed by atoms with Crippen molar-refractivity contribution in [1.29, 1.82) is 0 Å². The zero-order valence-electron chi connectivity index (χ0n) is 11.0. The van der Waals surface area contributed by atoms with Crippen molar-refractivity contribution < 1.29 is 9.47 Å². The van der Waals surface area contributed by atoms with Crippen LogP contribution in [0, 0.1) is 0 Å². The van der Waals surface area contributed by atoms with Gasteiger partial charge in [-0.1, -0.05) is 23.4 Å². The molecule has 7 heteroatoms. The summed E-state index contributed by atoms with van der Waals surface area (Å²) < 4.78 is 10.7. The molecule has 19 heavy (non-hydrogen) atoms. The molecule has 0 saturated carbocycles. The molecule has 104 valence electrons. The van der Waals surface area contributed by atoms with Crippen molar-refractivity contribution in [3.05, 3.63) is 22.7 Å². The number of thioether (sulfide) groups is 1. The van der Waals surface area contributed by atoms with Gasteiger partial charge in [-0.3, -0.25) is 0 Å². The lowest BCUT2D eigenvalue weighted by Gasteiger charge is -2.11. The lowest BCUT2D eigenvalue weighted by atomic mass is 10.2. The van der Waals surface area contributed by atoms with Gasteiger partial charge in [-0.15, -0.1) is 5.10 Å². The van der Waals surface area contributed by atoms with Crippen LogP contribution in [0.15, 0.2) is 22.3 Å². The first kappa shape index (κ1) is 15.7. The second kappa shape index (κ2) is 7.91. The Morgan fingerprint density at radius 3 is 2.84 bits per heavy atom. The van der Waals surface area contributed by atoms with E-state index >= 15 is 0 Å². The quantitative estimate of drug-likeness (QED) is 0.516. The summed E-state index contributed by atoms with van der Waals surface area (Å²) in [4.78, 5) is 0. The molecule has 0 radical (unpaired) electrons. The van der Waals surface area contributed by atoms with E-state index in [9.17, 15) is 0 Å². The molecule has 0 aliphatic rings. The van der Waals surface area contributed by atoms with Gasteiger partial charge in [0.05, 0.1) is 25.0 Å². The monoisotopic (exact) mass is 301 g/mol. The van der Waals surface area contributed by atoms with E-state index in [-0.39, 0.29) is 0 Å². The topological polar surface area (TPSA) is 69.2 Å². The summed E-state index contributed by atoms with van der Waals surface area (Å²) in [5.41, 5.74) is 6.28. The van der Waals surface area contributed by atoms with Crippen LogP contribution < -0.4 is 15.2 Å². The number of rotatable bonds is 5. The summed E-state index contributed by atoms with van der Waals surface area (Å²) in [5, 5.41) is 8.51. The summed E-state index contributed by atoms with van der Waals surface area (Å²) >= 11 is 7.43. The third-order valence-electron chi connectivity index (χ3n) is 2.11. The van der Waals surface area contributed by atoms with Crippen LogP contribution >= 0.6 is 23.4 Å². The van der Waals surface area contributed by atoms with E-state index in [1.807, 2.05) is 13.2 Å². The van der Waals surface area contributed by atoms with Gasteiger partial charge in [0.25, 0.3) is 0 Å². The molecule has 1 rings (SSSR count). The van der Waals surface area contributed by atoms with Crippen LogP contribution in [0.4, 0.5) is 0 Å². The highest BCUT2D eigenvalue weighted by Crippen LogP contribution is 2.35. The van der Waals surface area contributed by atoms with Crippen LogP contribution in [0.5, 0.6) is 11.5 Å². The van der Waals surface area contributed by atoms with E-state index in [4.69, 9.17) is 26.8 Å². The number of hydrogen-bond acceptors (Lipinski definition) is 5. The first-order chi connectivity index (χ1) is 9.12. The second-order valence-corrected chi connectivity index (χ2v) is 4.59. The molecule has 0 bridgehead atoms. The van der Waals surface area contributed by atoms with Crippen molar-refractivity contribution >= 4 is 34.7 Å². The highest BCUT2D eigenvalue weighted by atomic mass is 35.5. The number of halogens is 1. The molecule has 0 saturated heterocycles. The molecule has 0 aromatic heterocycles. The summed E-state index contributed by atoms with van der Waals surface area (Å²) in [6.07, 6.45) is 3.38. The van der Waals surface area contributed by atoms with Crippen molar-refractivity contribution in [1.82, 2.24) is 0 Å². The Bertz CT molecular complexity index is 492. The van der Waals surface area contributed by atoms with E-state index in [1.54, 1.807) is 25.5 Å². The highest BCUT2D eigenvalue weighted by Gasteiger charge is 2.10. The van der Waals surface area contributed by atoms with Crippen LogP contribution in [-0.4, -0.2) is 31.4 Å². The largest absolute Gasteiger partial charge is 0.491 e. The Hall–Kier alpha value is -1.40. The predicted octanol–water partition coefficient (Wildman–Crippen LogP) is 2.76. The number of benzene rings is 1. The Kier molecular flexibility index (Phi) is 6.52. The zero-order chi connectivity index (χ0) is 14.3. The Balaban J connectivity index is 3.03. The molecule has 0 atom stereocenters. The van der Waals surface area contributed by atoms with Gasteiger partial charge in [0.1, 0.15) is 0 Å². The molecule has 0 fully saturated rings. The number of hydrogen-bond donors (Lipinski definition) is 1. The van der Waals surface area contributed by atoms with Crippen molar-refractivity contribution in [2.24, 2.45) is 15.9 Å². The SMILES string of the molecule is CCOc1cc(/C=N\N=C(/N)SC)cc(Cl)c1OC. The maximum absolute atomic E-state index is 6.11. The van der Waals surface area contributed by atoms with Crippen LogP contribution in [-0.2, 0) is 0 Å². The van der Waals surface area contributed by atoms with E-state index in [1.165, 1.54) is 11.8 Å². The van der Waals surface area contributed by atoms with Gasteiger partial charge in [0.2, 0.25) is 0 Å². The fourth-order valence-electron chi connectivity index (χ4n) is 1.32. The Morgan fingerprint density at radius 1 is 1.53 bits per heavy atom. The summed E-state index contributed by atoms with van der Waals surface area (Å²) in [5.74, 6) is 1.08. The van der Waals surface area contributed by atoms with Gasteiger partial charge in [-0.25, -0.2) is 0 Å². The molecule has 0 spiro atoms.